The van der Waals surface area contributed by atoms with E-state index < -0.39 is 34.8 Å². The fourth-order valence-corrected chi connectivity index (χ4v) is 5.57. The molecule has 1 aromatic carbocycles. The molecular formula is C31H40ClF2N3O5. The summed E-state index contributed by atoms with van der Waals surface area (Å²) < 4.78 is 33.9. The number of carbonyl (C=O) groups excluding carboxylic acids is 4. The molecule has 1 aliphatic rings. The van der Waals surface area contributed by atoms with Crippen LogP contribution in [0.5, 0.6) is 0 Å². The Morgan fingerprint density at radius 3 is 2.45 bits per heavy atom. The maximum atomic E-state index is 13.6. The average Bonchev–Trinajstić information content (AvgIpc) is 3.47. The first-order valence-corrected chi connectivity index (χ1v) is 14.9. The predicted octanol–water partition coefficient (Wildman–Crippen LogP) is 6.63. The van der Waals surface area contributed by atoms with Crippen molar-refractivity contribution in [3.63, 3.8) is 0 Å². The Balaban J connectivity index is 1.60. The number of aromatic nitrogens is 1. The highest BCUT2D eigenvalue weighted by atomic mass is 35.5. The zero-order valence-electron chi connectivity index (χ0n) is 24.7. The number of esters is 1. The van der Waals surface area contributed by atoms with Gasteiger partial charge in [-0.05, 0) is 70.9 Å². The van der Waals surface area contributed by atoms with Crippen molar-refractivity contribution in [2.75, 3.05) is 11.9 Å². The average molecular weight is 608 g/mol. The lowest BCUT2D eigenvalue weighted by Crippen LogP contribution is -2.33. The third-order valence-electron chi connectivity index (χ3n) is 7.15. The van der Waals surface area contributed by atoms with Crippen LogP contribution in [0.2, 0.25) is 5.02 Å². The standard InChI is InChI=1S/C31H40ClF2N3O5/c1-5-6-9-19(12-15-24(38)42-31(2,3)4)10-7-16-35-30(41)28(39)27-26(32)25(23-11-8-17-37(23)27)29(40)36-20-13-14-21(33)22(34)18-20/h13-14,18-19H,5-12,15-17H2,1-4H3,(H,35,41)(H,36,40). The molecule has 0 spiro atoms. The van der Waals surface area contributed by atoms with E-state index in [-0.39, 0.29) is 34.5 Å². The third-order valence-corrected chi connectivity index (χ3v) is 7.52. The molecule has 8 nitrogen and oxygen atoms in total. The minimum atomic E-state index is -1.12. The molecule has 2 amide bonds. The summed E-state index contributed by atoms with van der Waals surface area (Å²) in [5.74, 6) is -4.44. The maximum Gasteiger partial charge on any atom is 0.306 e. The molecular weight excluding hydrogens is 568 g/mol. The zero-order valence-corrected chi connectivity index (χ0v) is 25.5. The summed E-state index contributed by atoms with van der Waals surface area (Å²) in [6.45, 7) is 8.31. The minimum Gasteiger partial charge on any atom is -0.460 e. The number of Topliss-reactive ketones (excluding diaryl/α,β-unsaturated/α-hetero) is 1. The van der Waals surface area contributed by atoms with Gasteiger partial charge in [0, 0.05) is 37.0 Å². The van der Waals surface area contributed by atoms with Gasteiger partial charge in [-0.2, -0.15) is 0 Å². The van der Waals surface area contributed by atoms with E-state index in [1.807, 2.05) is 20.8 Å². The summed E-state index contributed by atoms with van der Waals surface area (Å²) >= 11 is 6.50. The number of ketones is 1. The Morgan fingerprint density at radius 1 is 1.07 bits per heavy atom. The van der Waals surface area contributed by atoms with Crippen molar-refractivity contribution < 1.29 is 32.7 Å². The van der Waals surface area contributed by atoms with Crippen molar-refractivity contribution in [1.82, 2.24) is 9.88 Å². The molecule has 2 heterocycles. The monoisotopic (exact) mass is 607 g/mol. The predicted molar refractivity (Wildman–Crippen MR) is 157 cm³/mol. The second-order valence-electron chi connectivity index (χ2n) is 11.7. The van der Waals surface area contributed by atoms with Gasteiger partial charge in [0.2, 0.25) is 0 Å². The topological polar surface area (TPSA) is 106 Å². The molecule has 1 aliphatic heterocycles. The number of nitrogens with one attached hydrogen (secondary N) is 2. The molecule has 0 bridgehead atoms. The molecule has 0 fully saturated rings. The van der Waals surface area contributed by atoms with E-state index in [0.717, 1.165) is 37.8 Å². The van der Waals surface area contributed by atoms with Crippen molar-refractivity contribution in [1.29, 1.82) is 0 Å². The van der Waals surface area contributed by atoms with Gasteiger partial charge in [0.15, 0.2) is 11.6 Å². The number of anilines is 1. The molecule has 0 saturated carbocycles. The molecule has 2 aromatic rings. The highest BCUT2D eigenvalue weighted by Gasteiger charge is 2.34. The summed E-state index contributed by atoms with van der Waals surface area (Å²) in [5, 5.41) is 5.01. The number of hydrogen-bond donors (Lipinski definition) is 2. The second-order valence-corrected chi connectivity index (χ2v) is 12.1. The summed E-state index contributed by atoms with van der Waals surface area (Å²) in [6.07, 6.45) is 6.61. The van der Waals surface area contributed by atoms with Crippen LogP contribution in [0.4, 0.5) is 14.5 Å². The lowest BCUT2D eigenvalue weighted by Gasteiger charge is -2.21. The molecule has 3 rings (SSSR count). The van der Waals surface area contributed by atoms with Crippen molar-refractivity contribution in [2.24, 2.45) is 5.92 Å². The van der Waals surface area contributed by atoms with Crippen molar-refractivity contribution in [3.05, 3.63) is 51.8 Å². The number of nitrogens with zero attached hydrogens (tertiary/aromatic N) is 1. The van der Waals surface area contributed by atoms with Crippen LogP contribution in [0.15, 0.2) is 18.2 Å². The van der Waals surface area contributed by atoms with Crippen LogP contribution in [-0.4, -0.2) is 40.3 Å². The van der Waals surface area contributed by atoms with E-state index in [4.69, 9.17) is 16.3 Å². The van der Waals surface area contributed by atoms with Crippen molar-refractivity contribution in [2.45, 2.75) is 97.6 Å². The Kier molecular flexibility index (Phi) is 11.7. The van der Waals surface area contributed by atoms with Gasteiger partial charge >= 0.3 is 5.97 Å². The molecule has 0 radical (unpaired) electrons. The Labute approximate surface area is 250 Å². The molecule has 0 saturated heterocycles. The van der Waals surface area contributed by atoms with Gasteiger partial charge in [-0.15, -0.1) is 0 Å². The maximum absolute atomic E-state index is 13.6. The highest BCUT2D eigenvalue weighted by Crippen LogP contribution is 2.34. The van der Waals surface area contributed by atoms with Gasteiger partial charge in [-0.1, -0.05) is 37.8 Å². The van der Waals surface area contributed by atoms with E-state index >= 15 is 0 Å². The van der Waals surface area contributed by atoms with E-state index in [1.165, 1.54) is 6.07 Å². The molecule has 0 aliphatic carbocycles. The van der Waals surface area contributed by atoms with Crippen LogP contribution >= 0.6 is 11.6 Å². The summed E-state index contributed by atoms with van der Waals surface area (Å²) in [7, 11) is 0. The van der Waals surface area contributed by atoms with Crippen molar-refractivity contribution >= 4 is 40.9 Å². The number of carbonyl (C=O) groups is 4. The number of halogens is 3. The van der Waals surface area contributed by atoms with E-state index in [2.05, 4.69) is 17.6 Å². The number of unbranched alkanes of at least 4 members (excludes halogenated alkanes) is 1. The number of fused-ring (bicyclic) bond motifs is 1. The first-order valence-electron chi connectivity index (χ1n) is 14.5. The highest BCUT2D eigenvalue weighted by molar-refractivity contribution is 6.48. The van der Waals surface area contributed by atoms with Gasteiger partial charge in [0.1, 0.15) is 11.3 Å². The normalized spacial score (nSPS) is 13.4. The van der Waals surface area contributed by atoms with Crippen LogP contribution in [0.25, 0.3) is 0 Å². The summed E-state index contributed by atoms with van der Waals surface area (Å²) in [4.78, 5) is 51.2. The van der Waals surface area contributed by atoms with Gasteiger partial charge < -0.3 is 19.9 Å². The largest absolute Gasteiger partial charge is 0.460 e. The van der Waals surface area contributed by atoms with Crippen LogP contribution in [0.3, 0.4) is 0 Å². The van der Waals surface area contributed by atoms with Gasteiger partial charge in [-0.25, -0.2) is 8.78 Å². The van der Waals surface area contributed by atoms with E-state index in [1.54, 1.807) is 4.57 Å². The molecule has 1 atom stereocenters. The number of rotatable bonds is 14. The molecule has 1 aromatic heterocycles. The number of benzene rings is 1. The van der Waals surface area contributed by atoms with Crippen LogP contribution in [-0.2, 0) is 27.3 Å². The first kappa shape index (κ1) is 33.2. The van der Waals surface area contributed by atoms with Crippen LogP contribution < -0.4 is 10.6 Å². The Hall–Kier alpha value is -3.27. The third kappa shape index (κ3) is 8.86. The van der Waals surface area contributed by atoms with Gasteiger partial charge in [0.25, 0.3) is 17.6 Å². The smallest absolute Gasteiger partial charge is 0.306 e. The zero-order chi connectivity index (χ0) is 31.0. The summed E-state index contributed by atoms with van der Waals surface area (Å²) in [6, 6.07) is 2.95. The Morgan fingerprint density at radius 2 is 1.79 bits per heavy atom. The minimum absolute atomic E-state index is 0.0295. The first-order chi connectivity index (χ1) is 19.8. The lowest BCUT2D eigenvalue weighted by atomic mass is 9.92. The number of hydrogen-bond acceptors (Lipinski definition) is 5. The molecule has 1 unspecified atom stereocenters. The van der Waals surface area contributed by atoms with E-state index in [9.17, 15) is 28.0 Å². The van der Waals surface area contributed by atoms with Crippen molar-refractivity contribution in [3.8, 4) is 0 Å². The molecule has 2 N–H and O–H groups in total. The molecule has 42 heavy (non-hydrogen) atoms. The van der Waals surface area contributed by atoms with Gasteiger partial charge in [-0.3, -0.25) is 19.2 Å². The quantitative estimate of drug-likeness (QED) is 0.109. The molecule has 230 valence electrons. The molecule has 11 heteroatoms. The number of amides is 2. The van der Waals surface area contributed by atoms with E-state index in [0.29, 0.717) is 50.3 Å². The fourth-order valence-electron chi connectivity index (χ4n) is 5.19. The lowest BCUT2D eigenvalue weighted by molar-refractivity contribution is -0.155. The SMILES string of the molecule is CCCCC(CCCNC(=O)C(=O)c1c(Cl)c(C(=O)Nc2ccc(F)c(F)c2)c2n1CCC2)CCC(=O)OC(C)(C)C. The van der Waals surface area contributed by atoms with Crippen LogP contribution in [0, 0.1) is 17.6 Å². The fraction of sp³-hybridized carbons (Fsp3) is 0.548. The van der Waals surface area contributed by atoms with Gasteiger partial charge in [0.05, 0.1) is 10.6 Å². The Bertz CT molecular complexity index is 1320. The second kappa shape index (κ2) is 14.8. The summed E-state index contributed by atoms with van der Waals surface area (Å²) in [5.41, 5.74) is -0.00137. The number of ether oxygens (including phenoxy) is 1. The van der Waals surface area contributed by atoms with Crippen LogP contribution in [0.1, 0.15) is 106 Å².